The summed E-state index contributed by atoms with van der Waals surface area (Å²) in [5, 5.41) is 22.2. The van der Waals surface area contributed by atoms with Crippen molar-refractivity contribution < 1.29 is 24.3 Å². The average Bonchev–Trinajstić information content (AvgIpc) is 2.91. The lowest BCUT2D eigenvalue weighted by Gasteiger charge is -2.20. The predicted octanol–water partition coefficient (Wildman–Crippen LogP) is 4.26. The third-order valence-corrected chi connectivity index (χ3v) is 6.09. The number of amides is 1. The van der Waals surface area contributed by atoms with Gasteiger partial charge in [0.1, 0.15) is 24.1 Å². The van der Waals surface area contributed by atoms with E-state index in [1.807, 2.05) is 56.3 Å². The first-order valence-corrected chi connectivity index (χ1v) is 12.0. The highest BCUT2D eigenvalue weighted by Crippen LogP contribution is 2.32. The summed E-state index contributed by atoms with van der Waals surface area (Å²) < 4.78 is 6.38. The molecular weight excluding hydrogens is 472 g/mol. The van der Waals surface area contributed by atoms with Gasteiger partial charge in [0, 0.05) is 22.4 Å². The van der Waals surface area contributed by atoms with Gasteiger partial charge in [-0.2, -0.15) is 0 Å². The Kier molecular flexibility index (Phi) is 8.03. The average molecular weight is 503 g/mol. The number of aliphatic hydroxyl groups excluding tert-OH is 2. The number of para-hydroxylation sites is 1. The number of fused-ring (bicyclic) bond motifs is 1. The molecule has 4 N–H and O–H groups in total. The van der Waals surface area contributed by atoms with Crippen LogP contribution >= 0.6 is 0 Å². The lowest BCUT2D eigenvalue weighted by atomic mass is 9.98. The summed E-state index contributed by atoms with van der Waals surface area (Å²) in [5.41, 5.74) is 6.62. The minimum Gasteiger partial charge on any atom is -0.455 e. The molecule has 1 amide bonds. The van der Waals surface area contributed by atoms with Gasteiger partial charge < -0.3 is 19.9 Å². The van der Waals surface area contributed by atoms with Crippen molar-refractivity contribution in [2.75, 3.05) is 18.5 Å². The van der Waals surface area contributed by atoms with Gasteiger partial charge in [0.15, 0.2) is 5.43 Å². The Bertz CT molecular complexity index is 1460. The number of carbonyl (C=O) groups excluding carboxylic acids is 1. The Morgan fingerprint density at radius 3 is 2.49 bits per heavy atom. The van der Waals surface area contributed by atoms with Crippen LogP contribution in [0, 0.1) is 13.8 Å². The molecule has 0 radical (unpaired) electrons. The van der Waals surface area contributed by atoms with E-state index in [4.69, 9.17) is 14.4 Å². The van der Waals surface area contributed by atoms with Crippen molar-refractivity contribution in [2.45, 2.75) is 32.9 Å². The molecule has 192 valence electrons. The zero-order chi connectivity index (χ0) is 26.5. The van der Waals surface area contributed by atoms with Gasteiger partial charge in [-0.15, -0.1) is 0 Å². The number of rotatable bonds is 9. The summed E-state index contributed by atoms with van der Waals surface area (Å²) in [6.07, 6.45) is -1.10. The van der Waals surface area contributed by atoms with E-state index >= 15 is 0 Å². The first-order valence-electron chi connectivity index (χ1n) is 12.0. The fourth-order valence-corrected chi connectivity index (χ4v) is 4.18. The number of hydrogen-bond acceptors (Lipinski definition) is 7. The van der Waals surface area contributed by atoms with Crippen molar-refractivity contribution in [3.05, 3.63) is 99.2 Å². The highest BCUT2D eigenvalue weighted by molar-refractivity contribution is 5.99. The van der Waals surface area contributed by atoms with Gasteiger partial charge in [-0.1, -0.05) is 48.5 Å². The van der Waals surface area contributed by atoms with Crippen molar-refractivity contribution in [1.29, 1.82) is 0 Å². The largest absolute Gasteiger partial charge is 0.455 e. The molecule has 0 aliphatic rings. The highest BCUT2D eigenvalue weighted by Gasteiger charge is 2.20. The molecule has 4 rings (SSSR count). The van der Waals surface area contributed by atoms with Crippen LogP contribution in [0.5, 0.6) is 0 Å². The molecule has 0 aliphatic heterocycles. The normalized spacial score (nSPS) is 12.8. The molecule has 2 unspecified atom stereocenters. The molecule has 1 aromatic heterocycles. The van der Waals surface area contributed by atoms with Crippen molar-refractivity contribution in [2.24, 2.45) is 0 Å². The number of aryl methyl sites for hydroxylation is 1. The Morgan fingerprint density at radius 2 is 1.76 bits per heavy atom. The summed E-state index contributed by atoms with van der Waals surface area (Å²) in [4.78, 5) is 31.1. The van der Waals surface area contributed by atoms with E-state index < -0.39 is 18.6 Å². The lowest BCUT2D eigenvalue weighted by Crippen LogP contribution is -2.30. The van der Waals surface area contributed by atoms with E-state index in [1.165, 1.54) is 0 Å². The SMILES string of the molecule is Cc1cc(C(C)Nc2ccccc2C(=O)NOCC(O)CO)c2oc(-c3ccccc3)c(C)c(=O)c2c1. The van der Waals surface area contributed by atoms with Gasteiger partial charge >= 0.3 is 0 Å². The van der Waals surface area contributed by atoms with Crippen LogP contribution in [0.1, 0.15) is 40.0 Å². The van der Waals surface area contributed by atoms with Crippen LogP contribution in [-0.2, 0) is 4.84 Å². The topological polar surface area (TPSA) is 121 Å². The molecule has 37 heavy (non-hydrogen) atoms. The maximum Gasteiger partial charge on any atom is 0.276 e. The first-order chi connectivity index (χ1) is 17.8. The summed E-state index contributed by atoms with van der Waals surface area (Å²) >= 11 is 0. The van der Waals surface area contributed by atoms with Gasteiger partial charge in [-0.05, 0) is 44.5 Å². The molecule has 3 aromatic carbocycles. The van der Waals surface area contributed by atoms with Gasteiger partial charge in [-0.25, -0.2) is 5.48 Å². The zero-order valence-corrected chi connectivity index (χ0v) is 20.9. The quantitative estimate of drug-likeness (QED) is 0.252. The van der Waals surface area contributed by atoms with E-state index in [1.54, 1.807) is 31.2 Å². The molecule has 0 fully saturated rings. The fourth-order valence-electron chi connectivity index (χ4n) is 4.18. The summed E-state index contributed by atoms with van der Waals surface area (Å²) in [7, 11) is 0. The zero-order valence-electron chi connectivity index (χ0n) is 20.9. The van der Waals surface area contributed by atoms with Crippen LogP contribution in [0.15, 0.2) is 75.9 Å². The van der Waals surface area contributed by atoms with E-state index in [9.17, 15) is 14.7 Å². The maximum atomic E-state index is 13.3. The van der Waals surface area contributed by atoms with Crippen LogP contribution in [0.2, 0.25) is 0 Å². The first kappa shape index (κ1) is 26.1. The van der Waals surface area contributed by atoms with Crippen molar-refractivity contribution >= 4 is 22.6 Å². The van der Waals surface area contributed by atoms with Crippen molar-refractivity contribution in [1.82, 2.24) is 5.48 Å². The van der Waals surface area contributed by atoms with E-state index in [-0.39, 0.29) is 18.1 Å². The third-order valence-electron chi connectivity index (χ3n) is 6.09. The minimum absolute atomic E-state index is 0.0840. The Balaban J connectivity index is 1.70. The van der Waals surface area contributed by atoms with Crippen molar-refractivity contribution in [3.63, 3.8) is 0 Å². The third kappa shape index (κ3) is 5.72. The number of hydrogen-bond donors (Lipinski definition) is 4. The Hall–Kier alpha value is -3.98. The molecule has 8 nitrogen and oxygen atoms in total. The molecular formula is C29H30N2O6. The smallest absolute Gasteiger partial charge is 0.276 e. The predicted molar refractivity (Wildman–Crippen MR) is 142 cm³/mol. The Labute approximate surface area is 214 Å². The second-order valence-corrected chi connectivity index (χ2v) is 8.97. The molecule has 8 heteroatoms. The van der Waals surface area contributed by atoms with E-state index in [0.717, 1.165) is 16.7 Å². The lowest BCUT2D eigenvalue weighted by molar-refractivity contribution is -0.0295. The molecule has 4 aromatic rings. The van der Waals surface area contributed by atoms with Gasteiger partial charge in [0.05, 0.1) is 23.6 Å². The number of carbonyl (C=O) groups is 1. The molecule has 0 aliphatic carbocycles. The number of nitrogens with one attached hydrogen (secondary N) is 2. The van der Waals surface area contributed by atoms with Gasteiger partial charge in [0.2, 0.25) is 0 Å². The molecule has 0 spiro atoms. The minimum atomic E-state index is -1.10. The van der Waals surface area contributed by atoms with Crippen LogP contribution < -0.4 is 16.2 Å². The number of hydroxylamine groups is 1. The monoisotopic (exact) mass is 502 g/mol. The van der Waals surface area contributed by atoms with Gasteiger partial charge in [0.25, 0.3) is 5.91 Å². The summed E-state index contributed by atoms with van der Waals surface area (Å²) in [6, 6.07) is 19.9. The number of aliphatic hydroxyl groups is 2. The maximum absolute atomic E-state index is 13.3. The molecule has 1 heterocycles. The second-order valence-electron chi connectivity index (χ2n) is 8.97. The van der Waals surface area contributed by atoms with E-state index in [2.05, 4.69) is 10.8 Å². The van der Waals surface area contributed by atoms with Gasteiger partial charge in [-0.3, -0.25) is 14.4 Å². The van der Waals surface area contributed by atoms with Crippen LogP contribution in [-0.4, -0.2) is 35.4 Å². The standard InChI is InChI=1S/C29H30N2O6/c1-17-13-23(28-24(14-17)26(34)18(2)27(37-28)20-9-5-4-6-10-20)19(3)30-25-12-8-7-11-22(25)29(35)31-36-16-21(33)15-32/h4-14,19,21,30,32-33H,15-16H2,1-3H3,(H,31,35). The number of benzene rings is 3. The van der Waals surface area contributed by atoms with Crippen LogP contribution in [0.4, 0.5) is 5.69 Å². The molecule has 2 atom stereocenters. The molecule has 0 saturated carbocycles. The summed E-state index contributed by atoms with van der Waals surface area (Å²) in [6.45, 7) is 4.91. The number of anilines is 1. The van der Waals surface area contributed by atoms with E-state index in [0.29, 0.717) is 33.5 Å². The fraction of sp³-hybridized carbons (Fsp3) is 0.241. The van der Waals surface area contributed by atoms with Crippen LogP contribution in [0.3, 0.4) is 0 Å². The van der Waals surface area contributed by atoms with Crippen LogP contribution in [0.25, 0.3) is 22.3 Å². The summed E-state index contributed by atoms with van der Waals surface area (Å²) in [5.74, 6) is 0.0143. The molecule has 0 saturated heterocycles. The Morgan fingerprint density at radius 1 is 1.05 bits per heavy atom. The molecule has 0 bridgehead atoms. The second kappa shape index (κ2) is 11.4. The van der Waals surface area contributed by atoms with Crippen molar-refractivity contribution in [3.8, 4) is 11.3 Å². The highest BCUT2D eigenvalue weighted by atomic mass is 16.7.